The van der Waals surface area contributed by atoms with Gasteiger partial charge >= 0.3 is 0 Å². The summed E-state index contributed by atoms with van der Waals surface area (Å²) < 4.78 is 3.31. The highest BCUT2D eigenvalue weighted by Crippen LogP contribution is 2.26. The molecule has 2 unspecified atom stereocenters. The van der Waals surface area contributed by atoms with Crippen LogP contribution in [0, 0.1) is 6.92 Å². The summed E-state index contributed by atoms with van der Waals surface area (Å²) in [5.41, 5.74) is 2.61. The Morgan fingerprint density at radius 2 is 2.14 bits per heavy atom. The summed E-state index contributed by atoms with van der Waals surface area (Å²) in [7, 11) is 0. The van der Waals surface area contributed by atoms with Gasteiger partial charge in [-0.25, -0.2) is 0 Å². The predicted octanol–water partition coefficient (Wildman–Crippen LogP) is 3.33. The van der Waals surface area contributed by atoms with Gasteiger partial charge < -0.3 is 5.32 Å². The largest absolute Gasteiger partial charge is 0.310 e. The molecule has 120 valence electrons. The number of aromatic nitrogens is 2. The number of hydrogen-bond donors (Lipinski definition) is 1. The zero-order valence-electron chi connectivity index (χ0n) is 14.0. The van der Waals surface area contributed by atoms with Crippen molar-refractivity contribution in [1.82, 2.24) is 20.0 Å². The Morgan fingerprint density at radius 1 is 1.43 bits per heavy atom. The van der Waals surface area contributed by atoms with Crippen molar-refractivity contribution in [2.45, 2.75) is 72.1 Å². The summed E-state index contributed by atoms with van der Waals surface area (Å²) in [6, 6.07) is 0.596. The zero-order valence-corrected chi connectivity index (χ0v) is 15.6. The summed E-state index contributed by atoms with van der Waals surface area (Å²) in [5, 5.41) is 8.35. The molecule has 1 saturated heterocycles. The van der Waals surface area contributed by atoms with Crippen molar-refractivity contribution in [2.24, 2.45) is 0 Å². The molecule has 2 heterocycles. The van der Waals surface area contributed by atoms with Gasteiger partial charge in [0.1, 0.15) is 0 Å². The number of nitrogens with one attached hydrogen (secondary N) is 1. The minimum atomic E-state index is 0.212. The van der Waals surface area contributed by atoms with Gasteiger partial charge in [0.15, 0.2) is 0 Å². The van der Waals surface area contributed by atoms with E-state index in [0.29, 0.717) is 6.04 Å². The van der Waals surface area contributed by atoms with Gasteiger partial charge in [0, 0.05) is 31.2 Å². The first-order valence-electron chi connectivity index (χ1n) is 8.11. The Balaban J connectivity index is 2.23. The molecule has 0 saturated carbocycles. The maximum atomic E-state index is 4.63. The zero-order chi connectivity index (χ0) is 15.6. The van der Waals surface area contributed by atoms with Crippen LogP contribution in [0.3, 0.4) is 0 Å². The standard InChI is InChI=1S/C16H29BrN4/c1-6-16(5)11-20(12(3)8-9-18-16)10-14-15(17)13(4)19-21(14)7-2/h12,18H,6-11H2,1-5H3. The van der Waals surface area contributed by atoms with Crippen molar-refractivity contribution < 1.29 is 0 Å². The van der Waals surface area contributed by atoms with E-state index in [2.05, 4.69) is 70.5 Å². The van der Waals surface area contributed by atoms with E-state index in [1.54, 1.807) is 0 Å². The van der Waals surface area contributed by atoms with Crippen molar-refractivity contribution in [3.8, 4) is 0 Å². The van der Waals surface area contributed by atoms with Crippen LogP contribution in [0.25, 0.3) is 0 Å². The van der Waals surface area contributed by atoms with E-state index in [-0.39, 0.29) is 5.54 Å². The van der Waals surface area contributed by atoms with Gasteiger partial charge in [-0.05, 0) is 63.0 Å². The van der Waals surface area contributed by atoms with Gasteiger partial charge in [0.2, 0.25) is 0 Å². The number of nitrogens with zero attached hydrogens (tertiary/aromatic N) is 3. The summed E-state index contributed by atoms with van der Waals surface area (Å²) in [5.74, 6) is 0. The molecule has 0 radical (unpaired) electrons. The molecule has 5 heteroatoms. The highest BCUT2D eigenvalue weighted by Gasteiger charge is 2.31. The summed E-state index contributed by atoms with van der Waals surface area (Å²) in [6.45, 7) is 15.3. The van der Waals surface area contributed by atoms with E-state index in [9.17, 15) is 0 Å². The maximum Gasteiger partial charge on any atom is 0.0739 e. The second-order valence-corrected chi connectivity index (χ2v) is 7.34. The van der Waals surface area contributed by atoms with Crippen molar-refractivity contribution in [3.63, 3.8) is 0 Å². The summed E-state index contributed by atoms with van der Waals surface area (Å²) in [6.07, 6.45) is 2.36. The first-order chi connectivity index (χ1) is 9.90. The van der Waals surface area contributed by atoms with Crippen LogP contribution >= 0.6 is 15.9 Å². The van der Waals surface area contributed by atoms with Crippen molar-refractivity contribution >= 4 is 15.9 Å². The molecule has 0 spiro atoms. The second kappa shape index (κ2) is 6.80. The molecule has 2 rings (SSSR count). The fraction of sp³-hybridized carbons (Fsp3) is 0.812. The minimum Gasteiger partial charge on any atom is -0.310 e. The summed E-state index contributed by atoms with van der Waals surface area (Å²) in [4.78, 5) is 2.61. The van der Waals surface area contributed by atoms with E-state index >= 15 is 0 Å². The minimum absolute atomic E-state index is 0.212. The fourth-order valence-corrected chi connectivity index (χ4v) is 3.50. The smallest absolute Gasteiger partial charge is 0.0739 e. The Labute approximate surface area is 137 Å². The predicted molar refractivity (Wildman–Crippen MR) is 91.5 cm³/mol. The van der Waals surface area contributed by atoms with Crippen molar-refractivity contribution in [1.29, 1.82) is 0 Å². The molecular weight excluding hydrogens is 328 g/mol. The topological polar surface area (TPSA) is 33.1 Å². The van der Waals surface area contributed by atoms with Gasteiger partial charge in [0.05, 0.1) is 15.9 Å². The lowest BCUT2D eigenvalue weighted by Crippen LogP contribution is -2.49. The van der Waals surface area contributed by atoms with Gasteiger partial charge in [-0.2, -0.15) is 5.10 Å². The van der Waals surface area contributed by atoms with Gasteiger partial charge in [-0.3, -0.25) is 9.58 Å². The van der Waals surface area contributed by atoms with Crippen molar-refractivity contribution in [3.05, 3.63) is 15.9 Å². The van der Waals surface area contributed by atoms with Crippen LogP contribution in [-0.2, 0) is 13.1 Å². The molecule has 1 N–H and O–H groups in total. The third-order valence-electron chi connectivity index (χ3n) is 4.88. The molecular formula is C16H29BrN4. The van der Waals surface area contributed by atoms with Gasteiger partial charge in [-0.15, -0.1) is 0 Å². The SMILES string of the molecule is CCn1nc(C)c(Br)c1CN1CC(C)(CC)NCCC1C. The molecule has 0 amide bonds. The quantitative estimate of drug-likeness (QED) is 0.897. The molecule has 1 fully saturated rings. The maximum absolute atomic E-state index is 4.63. The molecule has 1 aromatic heterocycles. The molecule has 1 aliphatic heterocycles. The molecule has 1 aliphatic rings. The monoisotopic (exact) mass is 356 g/mol. The molecule has 1 aromatic rings. The lowest BCUT2D eigenvalue weighted by atomic mass is 9.98. The Bertz CT molecular complexity index is 485. The van der Waals surface area contributed by atoms with E-state index in [0.717, 1.165) is 38.3 Å². The Kier molecular flexibility index (Phi) is 5.49. The molecule has 0 bridgehead atoms. The average Bonchev–Trinajstić information content (AvgIpc) is 2.64. The fourth-order valence-electron chi connectivity index (χ4n) is 3.09. The lowest BCUT2D eigenvalue weighted by molar-refractivity contribution is 0.159. The Morgan fingerprint density at radius 3 is 2.76 bits per heavy atom. The van der Waals surface area contributed by atoms with Crippen LogP contribution in [0.4, 0.5) is 0 Å². The highest BCUT2D eigenvalue weighted by atomic mass is 79.9. The second-order valence-electron chi connectivity index (χ2n) is 6.55. The van der Waals surface area contributed by atoms with Gasteiger partial charge in [0.25, 0.3) is 0 Å². The number of halogens is 1. The summed E-state index contributed by atoms with van der Waals surface area (Å²) >= 11 is 3.73. The molecule has 0 aliphatic carbocycles. The van der Waals surface area contributed by atoms with Gasteiger partial charge in [-0.1, -0.05) is 6.92 Å². The third kappa shape index (κ3) is 3.69. The first kappa shape index (κ1) is 17.0. The molecule has 0 aromatic carbocycles. The third-order valence-corrected chi connectivity index (χ3v) is 5.91. The first-order valence-corrected chi connectivity index (χ1v) is 8.90. The van der Waals surface area contributed by atoms with E-state index in [4.69, 9.17) is 0 Å². The number of hydrogen-bond acceptors (Lipinski definition) is 3. The van der Waals surface area contributed by atoms with E-state index in [1.165, 1.54) is 16.6 Å². The van der Waals surface area contributed by atoms with Crippen molar-refractivity contribution in [2.75, 3.05) is 13.1 Å². The molecule has 21 heavy (non-hydrogen) atoms. The molecule has 4 nitrogen and oxygen atoms in total. The van der Waals surface area contributed by atoms with Crippen LogP contribution in [-0.4, -0.2) is 39.4 Å². The highest BCUT2D eigenvalue weighted by molar-refractivity contribution is 9.10. The van der Waals surface area contributed by atoms with Crippen LogP contribution in [0.15, 0.2) is 4.47 Å². The van der Waals surface area contributed by atoms with Crippen LogP contribution in [0.2, 0.25) is 0 Å². The normalized spacial score (nSPS) is 27.8. The Hall–Kier alpha value is -0.390. The van der Waals surface area contributed by atoms with Crippen LogP contribution in [0.5, 0.6) is 0 Å². The van der Waals surface area contributed by atoms with E-state index in [1.807, 2.05) is 0 Å². The molecule has 2 atom stereocenters. The van der Waals surface area contributed by atoms with Crippen LogP contribution in [0.1, 0.15) is 51.9 Å². The lowest BCUT2D eigenvalue weighted by Gasteiger charge is -2.35. The number of aryl methyl sites for hydroxylation is 2. The number of rotatable bonds is 4. The van der Waals surface area contributed by atoms with Crippen LogP contribution < -0.4 is 5.32 Å². The van der Waals surface area contributed by atoms with E-state index < -0.39 is 0 Å². The average molecular weight is 357 g/mol.